The molecular weight excluding hydrogens is 283 g/mol. The van der Waals surface area contributed by atoms with Crippen molar-refractivity contribution in [1.82, 2.24) is 0 Å². The number of hydrogen-bond donors (Lipinski definition) is 1. The number of aryl methyl sites for hydroxylation is 1. The van der Waals surface area contributed by atoms with Gasteiger partial charge in [0.15, 0.2) is 0 Å². The van der Waals surface area contributed by atoms with Crippen molar-refractivity contribution in [2.24, 2.45) is 0 Å². The number of anilines is 1. The molecular formula is C15H12F3NO2. The minimum Gasteiger partial charge on any atom is -0.462 e. The molecule has 0 atom stereocenters. The second-order valence-electron chi connectivity index (χ2n) is 4.35. The van der Waals surface area contributed by atoms with E-state index in [-0.39, 0.29) is 5.69 Å². The third kappa shape index (κ3) is 4.24. The first-order valence-corrected chi connectivity index (χ1v) is 6.07. The Kier molecular flexibility index (Phi) is 4.16. The van der Waals surface area contributed by atoms with E-state index in [0.29, 0.717) is 5.76 Å². The molecule has 0 fully saturated rings. The summed E-state index contributed by atoms with van der Waals surface area (Å²) in [5, 5.41) is 2.46. The third-order valence-electron chi connectivity index (χ3n) is 2.64. The highest BCUT2D eigenvalue weighted by Gasteiger charge is 2.29. The van der Waals surface area contributed by atoms with Crippen LogP contribution in [0.3, 0.4) is 0 Å². The van der Waals surface area contributed by atoms with Gasteiger partial charge < -0.3 is 9.73 Å². The molecule has 110 valence electrons. The van der Waals surface area contributed by atoms with Crippen LogP contribution in [0.1, 0.15) is 17.1 Å². The average molecular weight is 295 g/mol. The quantitative estimate of drug-likeness (QED) is 0.860. The molecule has 0 bridgehead atoms. The van der Waals surface area contributed by atoms with Crippen molar-refractivity contribution in [2.45, 2.75) is 13.1 Å². The van der Waals surface area contributed by atoms with Crippen LogP contribution in [0.15, 0.2) is 46.9 Å². The lowest BCUT2D eigenvalue weighted by Crippen LogP contribution is -2.09. The fourth-order valence-corrected chi connectivity index (χ4v) is 1.63. The van der Waals surface area contributed by atoms with Gasteiger partial charge in [0.05, 0.1) is 5.56 Å². The molecule has 0 saturated heterocycles. The molecule has 2 rings (SSSR count). The van der Waals surface area contributed by atoms with E-state index in [2.05, 4.69) is 5.32 Å². The fraction of sp³-hybridized carbons (Fsp3) is 0.133. The molecule has 0 radical (unpaired) electrons. The zero-order valence-electron chi connectivity index (χ0n) is 11.1. The molecule has 1 aromatic carbocycles. The summed E-state index contributed by atoms with van der Waals surface area (Å²) in [5.74, 6) is 0.789. The minimum absolute atomic E-state index is 0.285. The third-order valence-corrected chi connectivity index (χ3v) is 2.64. The van der Waals surface area contributed by atoms with Crippen LogP contribution >= 0.6 is 0 Å². The first kappa shape index (κ1) is 14.9. The van der Waals surface area contributed by atoms with Gasteiger partial charge in [-0.25, -0.2) is 0 Å². The van der Waals surface area contributed by atoms with Crippen molar-refractivity contribution in [2.75, 3.05) is 5.32 Å². The molecule has 1 aromatic heterocycles. The maximum Gasteiger partial charge on any atom is 0.416 e. The van der Waals surface area contributed by atoms with Crippen molar-refractivity contribution in [3.63, 3.8) is 0 Å². The number of carbonyl (C=O) groups is 1. The van der Waals surface area contributed by atoms with Gasteiger partial charge in [-0.15, -0.1) is 0 Å². The summed E-state index contributed by atoms with van der Waals surface area (Å²) >= 11 is 0. The molecule has 1 heterocycles. The second-order valence-corrected chi connectivity index (χ2v) is 4.35. The average Bonchev–Trinajstić information content (AvgIpc) is 2.82. The number of amides is 1. The van der Waals surface area contributed by atoms with Crippen molar-refractivity contribution in [3.05, 3.63) is 59.6 Å². The summed E-state index contributed by atoms with van der Waals surface area (Å²) in [6, 6.07) is 7.69. The number of carbonyl (C=O) groups excluding carboxylic acids is 1. The molecule has 1 amide bonds. The topological polar surface area (TPSA) is 42.2 Å². The summed E-state index contributed by atoms with van der Waals surface area (Å²) in [6.45, 7) is 1.78. The van der Waals surface area contributed by atoms with Crippen molar-refractivity contribution < 1.29 is 22.4 Å². The molecule has 0 aliphatic heterocycles. The van der Waals surface area contributed by atoms with Crippen LogP contribution in [0.4, 0.5) is 18.9 Å². The van der Waals surface area contributed by atoms with Crippen LogP contribution < -0.4 is 5.32 Å². The van der Waals surface area contributed by atoms with Gasteiger partial charge in [-0.1, -0.05) is 0 Å². The zero-order chi connectivity index (χ0) is 15.5. The predicted molar refractivity (Wildman–Crippen MR) is 72.6 cm³/mol. The molecule has 0 aliphatic rings. The van der Waals surface area contributed by atoms with E-state index in [0.717, 1.165) is 17.9 Å². The van der Waals surface area contributed by atoms with E-state index >= 15 is 0 Å². The molecule has 2 aromatic rings. The van der Waals surface area contributed by atoms with Gasteiger partial charge in [0.1, 0.15) is 11.5 Å². The maximum absolute atomic E-state index is 12.4. The van der Waals surface area contributed by atoms with Crippen molar-refractivity contribution in [3.8, 4) is 0 Å². The van der Waals surface area contributed by atoms with Gasteiger partial charge in [0.25, 0.3) is 0 Å². The number of hydrogen-bond acceptors (Lipinski definition) is 2. The van der Waals surface area contributed by atoms with Crippen molar-refractivity contribution >= 4 is 17.7 Å². The largest absolute Gasteiger partial charge is 0.462 e. The summed E-state index contributed by atoms with van der Waals surface area (Å²) < 4.78 is 42.4. The molecule has 0 spiro atoms. The summed E-state index contributed by atoms with van der Waals surface area (Å²) in [6.07, 6.45) is -1.66. The van der Waals surface area contributed by atoms with Crippen LogP contribution in [0.5, 0.6) is 0 Å². The van der Waals surface area contributed by atoms with Gasteiger partial charge >= 0.3 is 6.18 Å². The highest BCUT2D eigenvalue weighted by molar-refractivity contribution is 6.01. The summed E-state index contributed by atoms with van der Waals surface area (Å²) in [4.78, 5) is 11.6. The van der Waals surface area contributed by atoms with Gasteiger partial charge in [0.2, 0.25) is 5.91 Å². The highest BCUT2D eigenvalue weighted by Crippen LogP contribution is 2.29. The van der Waals surface area contributed by atoms with E-state index < -0.39 is 17.6 Å². The molecule has 0 aliphatic carbocycles. The SMILES string of the molecule is Cc1ccc(C=CC(=O)Nc2ccc(C(F)(F)F)cc2)o1. The van der Waals surface area contributed by atoms with E-state index in [1.54, 1.807) is 19.1 Å². The Bertz CT molecular complexity index is 654. The number of benzene rings is 1. The number of nitrogens with one attached hydrogen (secondary N) is 1. The molecule has 6 heteroatoms. The van der Waals surface area contributed by atoms with E-state index in [1.165, 1.54) is 24.3 Å². The number of rotatable bonds is 3. The van der Waals surface area contributed by atoms with E-state index in [1.807, 2.05) is 0 Å². The monoisotopic (exact) mass is 295 g/mol. The Labute approximate surface area is 119 Å². The zero-order valence-corrected chi connectivity index (χ0v) is 11.1. The van der Waals surface area contributed by atoms with Crippen LogP contribution in [0.25, 0.3) is 6.08 Å². The van der Waals surface area contributed by atoms with E-state index in [4.69, 9.17) is 4.42 Å². The Morgan fingerprint density at radius 3 is 2.33 bits per heavy atom. The van der Waals surface area contributed by atoms with Crippen LogP contribution in [0, 0.1) is 6.92 Å². The number of alkyl halides is 3. The Morgan fingerprint density at radius 1 is 1.14 bits per heavy atom. The lowest BCUT2D eigenvalue weighted by molar-refractivity contribution is -0.137. The van der Waals surface area contributed by atoms with Crippen LogP contribution in [-0.4, -0.2) is 5.91 Å². The Balaban J connectivity index is 1.98. The molecule has 1 N–H and O–H groups in total. The Morgan fingerprint density at radius 2 is 1.81 bits per heavy atom. The molecule has 21 heavy (non-hydrogen) atoms. The predicted octanol–water partition coefficient (Wildman–Crippen LogP) is 4.26. The number of halogens is 3. The lowest BCUT2D eigenvalue weighted by Gasteiger charge is -2.07. The summed E-state index contributed by atoms with van der Waals surface area (Å²) in [7, 11) is 0. The van der Waals surface area contributed by atoms with Gasteiger partial charge in [-0.3, -0.25) is 4.79 Å². The molecule has 3 nitrogen and oxygen atoms in total. The first-order valence-electron chi connectivity index (χ1n) is 6.07. The second kappa shape index (κ2) is 5.87. The lowest BCUT2D eigenvalue weighted by atomic mass is 10.2. The standard InChI is InChI=1S/C15H12F3NO2/c1-10-2-7-13(21-10)8-9-14(20)19-12-5-3-11(4-6-12)15(16,17)18/h2-9H,1H3,(H,19,20). The highest BCUT2D eigenvalue weighted by atomic mass is 19.4. The molecule has 0 unspecified atom stereocenters. The van der Waals surface area contributed by atoms with Crippen molar-refractivity contribution in [1.29, 1.82) is 0 Å². The normalized spacial score (nSPS) is 11.8. The maximum atomic E-state index is 12.4. The fourth-order valence-electron chi connectivity index (χ4n) is 1.63. The molecule has 0 saturated carbocycles. The van der Waals surface area contributed by atoms with E-state index in [9.17, 15) is 18.0 Å². The Hall–Kier alpha value is -2.50. The number of furan rings is 1. The van der Waals surface area contributed by atoms with Gasteiger partial charge in [0, 0.05) is 11.8 Å². The minimum atomic E-state index is -4.39. The smallest absolute Gasteiger partial charge is 0.416 e. The van der Waals surface area contributed by atoms with Crippen LogP contribution in [0.2, 0.25) is 0 Å². The first-order chi connectivity index (χ1) is 9.84. The summed E-state index contributed by atoms with van der Waals surface area (Å²) in [5.41, 5.74) is -0.477. The van der Waals surface area contributed by atoms with Gasteiger partial charge in [-0.05, 0) is 49.4 Å². The van der Waals surface area contributed by atoms with Crippen LogP contribution in [-0.2, 0) is 11.0 Å². The van der Waals surface area contributed by atoms with Gasteiger partial charge in [-0.2, -0.15) is 13.2 Å².